The number of amides is 2. The second-order valence-electron chi connectivity index (χ2n) is 9.69. The fraction of sp³-hybridized carbons (Fsp3) is 0.379. The summed E-state index contributed by atoms with van der Waals surface area (Å²) in [6.07, 6.45) is 0. The third-order valence-electron chi connectivity index (χ3n) is 6.72. The molecule has 1 aliphatic heterocycles. The number of ether oxygens (including phenoxy) is 1. The van der Waals surface area contributed by atoms with Gasteiger partial charge in [0.05, 0.1) is 19.3 Å². The molecule has 1 heterocycles. The molecule has 0 spiro atoms. The van der Waals surface area contributed by atoms with Crippen molar-refractivity contribution in [1.82, 2.24) is 20.2 Å². The minimum Gasteiger partial charge on any atom is -0.495 e. The van der Waals surface area contributed by atoms with Crippen LogP contribution in [0.5, 0.6) is 5.75 Å². The van der Waals surface area contributed by atoms with Crippen molar-refractivity contribution in [2.75, 3.05) is 45.7 Å². The quantitative estimate of drug-likeness (QED) is 0.354. The number of methoxy groups -OCH3 is 1. The SMILES string of the molecule is COc1cc2ccccc2cc1NCC(=O)N(CCNC(C)C)CC(=O)N(C)N1Cc2ccccc2C1.Cl.Cl. The number of fused-ring (bicyclic) bond motifs is 2. The molecule has 0 atom stereocenters. The Balaban J connectivity index is 0.00000267. The maximum atomic E-state index is 13.3. The Kier molecular flexibility index (Phi) is 12.3. The fourth-order valence-electron chi connectivity index (χ4n) is 4.54. The zero-order chi connectivity index (χ0) is 26.4. The van der Waals surface area contributed by atoms with Crippen LogP contribution < -0.4 is 15.4 Å². The summed E-state index contributed by atoms with van der Waals surface area (Å²) in [6, 6.07) is 20.5. The van der Waals surface area contributed by atoms with Gasteiger partial charge in [0.1, 0.15) is 12.3 Å². The van der Waals surface area contributed by atoms with E-state index in [-0.39, 0.29) is 49.7 Å². The lowest BCUT2D eigenvalue weighted by atomic mass is 10.1. The maximum absolute atomic E-state index is 13.3. The van der Waals surface area contributed by atoms with Gasteiger partial charge >= 0.3 is 0 Å². The fourth-order valence-corrected chi connectivity index (χ4v) is 4.54. The molecule has 2 N–H and O–H groups in total. The van der Waals surface area contributed by atoms with Gasteiger partial charge in [0.25, 0.3) is 5.91 Å². The van der Waals surface area contributed by atoms with Crippen LogP contribution in [0.15, 0.2) is 60.7 Å². The number of hydrazine groups is 1. The van der Waals surface area contributed by atoms with Gasteiger partial charge in [-0.05, 0) is 34.0 Å². The molecule has 0 saturated heterocycles. The molecular formula is C29H39Cl2N5O3. The first-order valence-electron chi connectivity index (χ1n) is 12.8. The summed E-state index contributed by atoms with van der Waals surface area (Å²) in [4.78, 5) is 28.2. The lowest BCUT2D eigenvalue weighted by Crippen LogP contribution is -2.49. The van der Waals surface area contributed by atoms with Crippen molar-refractivity contribution in [3.05, 3.63) is 71.8 Å². The van der Waals surface area contributed by atoms with Gasteiger partial charge in [0, 0.05) is 39.3 Å². The molecule has 10 heteroatoms. The molecule has 8 nitrogen and oxygen atoms in total. The summed E-state index contributed by atoms with van der Waals surface area (Å²) in [5.74, 6) is 0.408. The molecule has 3 aromatic carbocycles. The van der Waals surface area contributed by atoms with E-state index in [1.54, 1.807) is 24.1 Å². The minimum absolute atomic E-state index is 0. The van der Waals surface area contributed by atoms with Crippen LogP contribution in [-0.2, 0) is 22.7 Å². The third kappa shape index (κ3) is 8.22. The lowest BCUT2D eigenvalue weighted by molar-refractivity contribution is -0.151. The number of rotatable bonds is 11. The number of benzene rings is 3. The van der Waals surface area contributed by atoms with Crippen LogP contribution in [0.4, 0.5) is 5.69 Å². The molecular weight excluding hydrogens is 537 g/mol. The average molecular weight is 577 g/mol. The smallest absolute Gasteiger partial charge is 0.256 e. The van der Waals surface area contributed by atoms with Gasteiger partial charge in [-0.25, -0.2) is 5.01 Å². The molecule has 39 heavy (non-hydrogen) atoms. The van der Waals surface area contributed by atoms with Crippen molar-refractivity contribution >= 4 is 53.1 Å². The Morgan fingerprint density at radius 2 is 1.54 bits per heavy atom. The highest BCUT2D eigenvalue weighted by atomic mass is 35.5. The highest BCUT2D eigenvalue weighted by Crippen LogP contribution is 2.30. The van der Waals surface area contributed by atoms with Crippen LogP contribution in [0.2, 0.25) is 0 Å². The van der Waals surface area contributed by atoms with Crippen LogP contribution in [0.3, 0.4) is 0 Å². The van der Waals surface area contributed by atoms with Crippen molar-refractivity contribution in [3.63, 3.8) is 0 Å². The summed E-state index contributed by atoms with van der Waals surface area (Å²) in [5, 5.41) is 12.4. The summed E-state index contributed by atoms with van der Waals surface area (Å²) < 4.78 is 5.55. The van der Waals surface area contributed by atoms with Gasteiger partial charge in [0.2, 0.25) is 5.91 Å². The summed E-state index contributed by atoms with van der Waals surface area (Å²) in [6.45, 7) is 6.60. The van der Waals surface area contributed by atoms with Gasteiger partial charge in [-0.15, -0.1) is 24.8 Å². The van der Waals surface area contributed by atoms with Crippen molar-refractivity contribution < 1.29 is 14.3 Å². The molecule has 212 valence electrons. The lowest BCUT2D eigenvalue weighted by Gasteiger charge is -2.31. The summed E-state index contributed by atoms with van der Waals surface area (Å²) in [7, 11) is 3.40. The number of carbonyl (C=O) groups excluding carboxylic acids is 2. The predicted octanol–water partition coefficient (Wildman–Crippen LogP) is 4.32. The highest BCUT2D eigenvalue weighted by Gasteiger charge is 2.27. The van der Waals surface area contributed by atoms with E-state index < -0.39 is 0 Å². The standard InChI is InChI=1S/C29H37N5O3.2ClH/c1-21(2)30-13-14-33(20-29(36)32(3)34-18-24-11-7-8-12-25(24)19-34)28(35)17-31-26-15-22-9-5-6-10-23(22)16-27(26)37-4;;/h5-12,15-16,21,30-31H,13-14,17-20H2,1-4H3;2*1H. The monoisotopic (exact) mass is 575 g/mol. The van der Waals surface area contributed by atoms with Gasteiger partial charge in [-0.2, -0.15) is 0 Å². The van der Waals surface area contributed by atoms with Crippen molar-refractivity contribution in [1.29, 1.82) is 0 Å². The van der Waals surface area contributed by atoms with E-state index in [1.165, 1.54) is 11.1 Å². The van der Waals surface area contributed by atoms with E-state index in [0.29, 0.717) is 38.0 Å². The molecule has 0 fully saturated rings. The minimum atomic E-state index is -0.146. The summed E-state index contributed by atoms with van der Waals surface area (Å²) >= 11 is 0. The number of anilines is 1. The van der Waals surface area contributed by atoms with E-state index in [1.807, 2.05) is 53.5 Å². The molecule has 0 aromatic heterocycles. The van der Waals surface area contributed by atoms with Crippen LogP contribution in [0.1, 0.15) is 25.0 Å². The van der Waals surface area contributed by atoms with Crippen LogP contribution in [0, 0.1) is 0 Å². The number of carbonyl (C=O) groups is 2. The van der Waals surface area contributed by atoms with Crippen molar-refractivity contribution in [3.8, 4) is 5.75 Å². The number of hydrogen-bond acceptors (Lipinski definition) is 6. The number of halogens is 2. The summed E-state index contributed by atoms with van der Waals surface area (Å²) in [5.41, 5.74) is 3.20. The molecule has 0 bridgehead atoms. The number of hydrogen-bond donors (Lipinski definition) is 2. The van der Waals surface area contributed by atoms with Crippen molar-refractivity contribution in [2.45, 2.75) is 33.0 Å². The molecule has 0 radical (unpaired) electrons. The topological polar surface area (TPSA) is 77.1 Å². The van der Waals surface area contributed by atoms with E-state index in [4.69, 9.17) is 4.74 Å². The Labute approximate surface area is 243 Å². The van der Waals surface area contributed by atoms with E-state index in [9.17, 15) is 9.59 Å². The normalized spacial score (nSPS) is 12.3. The number of likely N-dealkylation sites (N-methyl/N-ethyl adjacent to an activating group) is 1. The molecule has 2 amide bonds. The van der Waals surface area contributed by atoms with Crippen LogP contribution in [-0.4, -0.2) is 73.1 Å². The Bertz CT molecular complexity index is 1230. The maximum Gasteiger partial charge on any atom is 0.256 e. The number of nitrogens with one attached hydrogen (secondary N) is 2. The van der Waals surface area contributed by atoms with E-state index in [2.05, 4.69) is 36.6 Å². The van der Waals surface area contributed by atoms with Gasteiger partial charge in [0.15, 0.2) is 0 Å². The number of nitrogens with zero attached hydrogens (tertiary/aromatic N) is 3. The Hall–Kier alpha value is -3.04. The molecule has 0 unspecified atom stereocenters. The van der Waals surface area contributed by atoms with Crippen LogP contribution in [0.25, 0.3) is 10.8 Å². The van der Waals surface area contributed by atoms with Gasteiger partial charge < -0.3 is 20.3 Å². The zero-order valence-electron chi connectivity index (χ0n) is 23.0. The predicted molar refractivity (Wildman–Crippen MR) is 162 cm³/mol. The second-order valence-corrected chi connectivity index (χ2v) is 9.69. The van der Waals surface area contributed by atoms with Crippen molar-refractivity contribution in [2.24, 2.45) is 0 Å². The van der Waals surface area contributed by atoms with E-state index >= 15 is 0 Å². The first kappa shape index (κ1) is 32.2. The Morgan fingerprint density at radius 3 is 2.13 bits per heavy atom. The first-order chi connectivity index (χ1) is 17.9. The second kappa shape index (κ2) is 14.9. The molecule has 4 rings (SSSR count). The average Bonchev–Trinajstić information content (AvgIpc) is 3.34. The molecule has 1 aliphatic rings. The van der Waals surface area contributed by atoms with E-state index in [0.717, 1.165) is 16.5 Å². The first-order valence-corrected chi connectivity index (χ1v) is 12.8. The largest absolute Gasteiger partial charge is 0.495 e. The third-order valence-corrected chi connectivity index (χ3v) is 6.72. The molecule has 0 aliphatic carbocycles. The van der Waals surface area contributed by atoms with Gasteiger partial charge in [-0.3, -0.25) is 14.6 Å². The molecule has 3 aromatic rings. The Morgan fingerprint density at radius 1 is 0.949 bits per heavy atom. The van der Waals surface area contributed by atoms with Crippen LogP contribution >= 0.6 is 24.8 Å². The highest BCUT2D eigenvalue weighted by molar-refractivity contribution is 5.91. The zero-order valence-corrected chi connectivity index (χ0v) is 24.6. The molecule has 0 saturated carbocycles. The van der Waals surface area contributed by atoms with Gasteiger partial charge in [-0.1, -0.05) is 62.4 Å².